The first-order chi connectivity index (χ1) is 10.6. The summed E-state index contributed by atoms with van der Waals surface area (Å²) in [4.78, 5) is 15.9. The van der Waals surface area contributed by atoms with Gasteiger partial charge in [0.05, 0.1) is 0 Å². The molecule has 0 saturated heterocycles. The fraction of sp³-hybridized carbons (Fsp3) is 0.400. The van der Waals surface area contributed by atoms with E-state index in [0.717, 1.165) is 5.69 Å². The molecule has 0 spiro atoms. The number of nitrogens with one attached hydrogen (secondary N) is 2. The molecule has 0 aliphatic carbocycles. The number of aryl methyl sites for hydroxylation is 1. The summed E-state index contributed by atoms with van der Waals surface area (Å²) in [6.07, 6.45) is 0. The van der Waals surface area contributed by atoms with Crippen molar-refractivity contribution < 1.29 is 14.1 Å². The molecule has 0 aliphatic heterocycles. The SMILES string of the molecule is CNCC(C)C(=O)Nc1ccc(OCc2nc(C)no2)cc1. The molecule has 0 bridgehead atoms. The van der Waals surface area contributed by atoms with Gasteiger partial charge in [-0.1, -0.05) is 12.1 Å². The van der Waals surface area contributed by atoms with Crippen molar-refractivity contribution in [3.63, 3.8) is 0 Å². The molecule has 1 amide bonds. The third kappa shape index (κ3) is 4.56. The van der Waals surface area contributed by atoms with Crippen LogP contribution in [0.3, 0.4) is 0 Å². The van der Waals surface area contributed by atoms with E-state index in [1.54, 1.807) is 31.2 Å². The molecular formula is C15H20N4O3. The Morgan fingerprint density at radius 1 is 1.36 bits per heavy atom. The second kappa shape index (κ2) is 7.56. The minimum Gasteiger partial charge on any atom is -0.484 e. The molecule has 1 aromatic carbocycles. The molecule has 1 heterocycles. The molecule has 2 aromatic rings. The maximum Gasteiger partial charge on any atom is 0.264 e. The Morgan fingerprint density at radius 3 is 2.68 bits per heavy atom. The number of amides is 1. The number of nitrogens with zero attached hydrogens (tertiary/aromatic N) is 2. The van der Waals surface area contributed by atoms with Crippen molar-refractivity contribution in [2.45, 2.75) is 20.5 Å². The maximum atomic E-state index is 11.9. The van der Waals surface area contributed by atoms with Crippen LogP contribution in [0.4, 0.5) is 5.69 Å². The smallest absolute Gasteiger partial charge is 0.264 e. The largest absolute Gasteiger partial charge is 0.484 e. The number of hydrogen-bond acceptors (Lipinski definition) is 6. The number of aromatic nitrogens is 2. The third-order valence-corrected chi connectivity index (χ3v) is 3.01. The van der Waals surface area contributed by atoms with Gasteiger partial charge in [0.2, 0.25) is 5.91 Å². The van der Waals surface area contributed by atoms with Crippen LogP contribution < -0.4 is 15.4 Å². The van der Waals surface area contributed by atoms with E-state index >= 15 is 0 Å². The zero-order chi connectivity index (χ0) is 15.9. The standard InChI is InChI=1S/C15H20N4O3/c1-10(8-16-3)15(20)18-12-4-6-13(7-5-12)21-9-14-17-11(2)19-22-14/h4-7,10,16H,8-9H2,1-3H3,(H,18,20). The number of hydrogen-bond donors (Lipinski definition) is 2. The highest BCUT2D eigenvalue weighted by atomic mass is 16.5. The summed E-state index contributed by atoms with van der Waals surface area (Å²) in [7, 11) is 1.82. The van der Waals surface area contributed by atoms with Crippen LogP contribution in [0.2, 0.25) is 0 Å². The fourth-order valence-electron chi connectivity index (χ4n) is 1.84. The number of anilines is 1. The predicted octanol–water partition coefficient (Wildman–Crippen LogP) is 1.75. The zero-order valence-corrected chi connectivity index (χ0v) is 12.9. The average molecular weight is 304 g/mol. The average Bonchev–Trinajstić information content (AvgIpc) is 2.92. The van der Waals surface area contributed by atoms with Gasteiger partial charge in [0.15, 0.2) is 12.4 Å². The van der Waals surface area contributed by atoms with E-state index in [0.29, 0.717) is 24.0 Å². The Kier molecular flexibility index (Phi) is 5.48. The lowest BCUT2D eigenvalue weighted by atomic mass is 10.1. The maximum absolute atomic E-state index is 11.9. The van der Waals surface area contributed by atoms with Crippen LogP contribution in [0.5, 0.6) is 5.75 Å². The highest BCUT2D eigenvalue weighted by Crippen LogP contribution is 2.17. The van der Waals surface area contributed by atoms with Crippen LogP contribution in [-0.2, 0) is 11.4 Å². The number of benzene rings is 1. The summed E-state index contributed by atoms with van der Waals surface area (Å²) < 4.78 is 10.5. The molecule has 1 atom stereocenters. The number of rotatable bonds is 7. The van der Waals surface area contributed by atoms with E-state index in [1.807, 2.05) is 14.0 Å². The molecule has 7 nitrogen and oxygen atoms in total. The van der Waals surface area contributed by atoms with E-state index in [1.165, 1.54) is 0 Å². The lowest BCUT2D eigenvalue weighted by Gasteiger charge is -2.12. The van der Waals surface area contributed by atoms with Gasteiger partial charge in [-0.15, -0.1) is 0 Å². The van der Waals surface area contributed by atoms with Crippen LogP contribution >= 0.6 is 0 Å². The lowest BCUT2D eigenvalue weighted by molar-refractivity contribution is -0.119. The lowest BCUT2D eigenvalue weighted by Crippen LogP contribution is -2.28. The van der Waals surface area contributed by atoms with Gasteiger partial charge in [-0.25, -0.2) is 0 Å². The fourth-order valence-corrected chi connectivity index (χ4v) is 1.84. The minimum atomic E-state index is -0.0957. The van der Waals surface area contributed by atoms with Gasteiger partial charge in [-0.2, -0.15) is 4.98 Å². The first-order valence-corrected chi connectivity index (χ1v) is 7.06. The Hall–Kier alpha value is -2.41. The van der Waals surface area contributed by atoms with Crippen LogP contribution in [0.1, 0.15) is 18.6 Å². The minimum absolute atomic E-state index is 0.0237. The highest BCUT2D eigenvalue weighted by Gasteiger charge is 2.11. The van der Waals surface area contributed by atoms with Gasteiger partial charge in [-0.05, 0) is 38.2 Å². The monoisotopic (exact) mass is 304 g/mol. The molecule has 22 heavy (non-hydrogen) atoms. The van der Waals surface area contributed by atoms with Crippen molar-refractivity contribution in [2.24, 2.45) is 5.92 Å². The number of carbonyl (C=O) groups is 1. The van der Waals surface area contributed by atoms with Gasteiger partial charge in [-0.3, -0.25) is 4.79 Å². The van der Waals surface area contributed by atoms with Crippen molar-refractivity contribution >= 4 is 11.6 Å². The first kappa shape index (κ1) is 16.0. The molecule has 0 aliphatic rings. The molecule has 7 heteroatoms. The van der Waals surface area contributed by atoms with E-state index in [4.69, 9.17) is 9.26 Å². The Balaban J connectivity index is 1.86. The van der Waals surface area contributed by atoms with Crippen molar-refractivity contribution in [3.05, 3.63) is 36.0 Å². The van der Waals surface area contributed by atoms with Gasteiger partial charge in [0.1, 0.15) is 5.75 Å². The van der Waals surface area contributed by atoms with Crippen molar-refractivity contribution in [1.29, 1.82) is 0 Å². The molecule has 118 valence electrons. The second-order valence-corrected chi connectivity index (χ2v) is 5.00. The van der Waals surface area contributed by atoms with Gasteiger partial charge in [0, 0.05) is 18.2 Å². The molecule has 1 unspecified atom stereocenters. The van der Waals surface area contributed by atoms with Crippen LogP contribution in [-0.4, -0.2) is 29.6 Å². The molecule has 2 rings (SSSR count). The summed E-state index contributed by atoms with van der Waals surface area (Å²) in [5.74, 6) is 1.55. The zero-order valence-electron chi connectivity index (χ0n) is 12.9. The van der Waals surface area contributed by atoms with Crippen LogP contribution in [0, 0.1) is 12.8 Å². The number of ether oxygens (including phenoxy) is 1. The summed E-state index contributed by atoms with van der Waals surface area (Å²) in [5.41, 5.74) is 0.730. The highest BCUT2D eigenvalue weighted by molar-refractivity contribution is 5.92. The molecular weight excluding hydrogens is 284 g/mol. The second-order valence-electron chi connectivity index (χ2n) is 5.00. The quantitative estimate of drug-likeness (QED) is 0.810. The van der Waals surface area contributed by atoms with Crippen molar-refractivity contribution in [2.75, 3.05) is 18.9 Å². The van der Waals surface area contributed by atoms with Crippen LogP contribution in [0.15, 0.2) is 28.8 Å². The first-order valence-electron chi connectivity index (χ1n) is 7.06. The van der Waals surface area contributed by atoms with Crippen molar-refractivity contribution in [3.8, 4) is 5.75 Å². The van der Waals surface area contributed by atoms with Gasteiger partial charge < -0.3 is 19.9 Å². The number of carbonyl (C=O) groups excluding carboxylic acids is 1. The van der Waals surface area contributed by atoms with E-state index < -0.39 is 0 Å². The molecule has 0 saturated carbocycles. The molecule has 0 radical (unpaired) electrons. The van der Waals surface area contributed by atoms with Crippen molar-refractivity contribution in [1.82, 2.24) is 15.5 Å². The third-order valence-electron chi connectivity index (χ3n) is 3.01. The molecule has 2 N–H and O–H groups in total. The molecule has 1 aromatic heterocycles. The van der Waals surface area contributed by atoms with Gasteiger partial charge >= 0.3 is 0 Å². The van der Waals surface area contributed by atoms with Crippen LogP contribution in [0.25, 0.3) is 0 Å². The predicted molar refractivity (Wildman–Crippen MR) is 81.5 cm³/mol. The van der Waals surface area contributed by atoms with E-state index in [2.05, 4.69) is 20.8 Å². The molecule has 0 fully saturated rings. The Bertz CT molecular complexity index is 610. The Morgan fingerprint density at radius 2 is 2.09 bits per heavy atom. The topological polar surface area (TPSA) is 89.3 Å². The Labute approximate surface area is 129 Å². The summed E-state index contributed by atoms with van der Waals surface area (Å²) in [6.45, 7) is 4.47. The summed E-state index contributed by atoms with van der Waals surface area (Å²) in [5, 5.41) is 9.52. The van der Waals surface area contributed by atoms with E-state index in [9.17, 15) is 4.79 Å². The van der Waals surface area contributed by atoms with Gasteiger partial charge in [0.25, 0.3) is 5.89 Å². The summed E-state index contributed by atoms with van der Waals surface area (Å²) in [6, 6.07) is 7.14. The normalized spacial score (nSPS) is 12.0. The van der Waals surface area contributed by atoms with E-state index in [-0.39, 0.29) is 18.4 Å². The summed E-state index contributed by atoms with van der Waals surface area (Å²) >= 11 is 0.